The highest BCUT2D eigenvalue weighted by atomic mass is 32.1. The number of aliphatic hydroxyl groups is 1. The zero-order valence-corrected chi connectivity index (χ0v) is 10.8. The van der Waals surface area contributed by atoms with Crippen LogP contribution in [0.1, 0.15) is 55.9 Å². The first-order chi connectivity index (χ1) is 8.25. The lowest BCUT2D eigenvalue weighted by atomic mass is 9.85. The second-order valence-corrected chi connectivity index (χ2v) is 6.37. The van der Waals surface area contributed by atoms with Crippen LogP contribution in [0.25, 0.3) is 0 Å². The Morgan fingerprint density at radius 3 is 2.71 bits per heavy atom. The molecule has 2 aliphatic rings. The molecule has 0 spiro atoms. The van der Waals surface area contributed by atoms with Crippen molar-refractivity contribution in [2.45, 2.75) is 56.5 Å². The third-order valence-corrected chi connectivity index (χ3v) is 4.76. The van der Waals surface area contributed by atoms with E-state index < -0.39 is 5.60 Å². The molecule has 94 valence electrons. The molecule has 0 aromatic carbocycles. The molecule has 2 N–H and O–H groups in total. The average Bonchev–Trinajstić information content (AvgIpc) is 3.07. The third kappa shape index (κ3) is 2.77. The van der Waals surface area contributed by atoms with Crippen LogP contribution in [0.4, 0.5) is 5.13 Å². The lowest BCUT2D eigenvalue weighted by Gasteiger charge is -2.31. The summed E-state index contributed by atoms with van der Waals surface area (Å²) in [6, 6.07) is 0. The molecule has 0 radical (unpaired) electrons. The molecule has 0 atom stereocenters. The number of aromatic nitrogens is 2. The molecule has 17 heavy (non-hydrogen) atoms. The number of nitrogens with one attached hydrogen (secondary N) is 1. The molecular formula is C12H19N3OS. The van der Waals surface area contributed by atoms with Gasteiger partial charge < -0.3 is 10.4 Å². The number of anilines is 1. The standard InChI is InChI=1S/C12H19N3OS/c16-12(6-2-1-3-7-12)8-13-11-15-14-10(17-11)9-4-5-9/h9,16H,1-8H2,(H,13,15). The van der Waals surface area contributed by atoms with Crippen LogP contribution < -0.4 is 5.32 Å². The Morgan fingerprint density at radius 2 is 2.00 bits per heavy atom. The maximum atomic E-state index is 10.4. The van der Waals surface area contributed by atoms with Crippen LogP contribution in [-0.2, 0) is 0 Å². The number of hydrogen-bond acceptors (Lipinski definition) is 5. The van der Waals surface area contributed by atoms with Crippen LogP contribution in [0, 0.1) is 0 Å². The van der Waals surface area contributed by atoms with Crippen LogP contribution in [-0.4, -0.2) is 27.4 Å². The SMILES string of the molecule is OC1(CNc2nnc(C3CC3)s2)CCCCC1. The summed E-state index contributed by atoms with van der Waals surface area (Å²) in [4.78, 5) is 0. The van der Waals surface area contributed by atoms with E-state index in [1.54, 1.807) is 11.3 Å². The summed E-state index contributed by atoms with van der Waals surface area (Å²) in [5.74, 6) is 0.667. The quantitative estimate of drug-likeness (QED) is 0.865. The third-order valence-electron chi connectivity index (χ3n) is 3.72. The van der Waals surface area contributed by atoms with E-state index in [1.165, 1.54) is 19.3 Å². The molecule has 0 amide bonds. The van der Waals surface area contributed by atoms with Crippen molar-refractivity contribution in [3.05, 3.63) is 5.01 Å². The summed E-state index contributed by atoms with van der Waals surface area (Å²) in [5.41, 5.74) is -0.524. The minimum absolute atomic E-state index is 0.524. The first kappa shape index (κ1) is 11.4. The molecule has 1 aromatic heterocycles. The number of rotatable bonds is 4. The predicted molar refractivity (Wildman–Crippen MR) is 68.4 cm³/mol. The van der Waals surface area contributed by atoms with Gasteiger partial charge in [-0.15, -0.1) is 10.2 Å². The molecule has 5 heteroatoms. The Balaban J connectivity index is 1.55. The van der Waals surface area contributed by atoms with E-state index in [0.717, 1.165) is 35.8 Å². The van der Waals surface area contributed by atoms with Crippen molar-refractivity contribution in [2.75, 3.05) is 11.9 Å². The Bertz CT molecular complexity index is 383. The van der Waals surface area contributed by atoms with E-state index in [-0.39, 0.29) is 0 Å². The molecule has 1 aromatic rings. The van der Waals surface area contributed by atoms with Crippen molar-refractivity contribution >= 4 is 16.5 Å². The molecule has 2 saturated carbocycles. The molecule has 3 rings (SSSR count). The summed E-state index contributed by atoms with van der Waals surface area (Å²) in [7, 11) is 0. The van der Waals surface area contributed by atoms with Gasteiger partial charge in [0.05, 0.1) is 5.60 Å². The molecule has 2 aliphatic carbocycles. The zero-order chi connectivity index (χ0) is 11.7. The van der Waals surface area contributed by atoms with E-state index in [1.807, 2.05) is 0 Å². The summed E-state index contributed by atoms with van der Waals surface area (Å²) in [6.07, 6.45) is 7.88. The van der Waals surface area contributed by atoms with E-state index in [9.17, 15) is 5.11 Å². The van der Waals surface area contributed by atoms with Gasteiger partial charge in [-0.1, -0.05) is 30.6 Å². The van der Waals surface area contributed by atoms with Gasteiger partial charge in [-0.25, -0.2) is 0 Å². The minimum atomic E-state index is -0.524. The molecule has 0 bridgehead atoms. The highest BCUT2D eigenvalue weighted by Gasteiger charge is 2.30. The van der Waals surface area contributed by atoms with Gasteiger partial charge in [0.25, 0.3) is 0 Å². The van der Waals surface area contributed by atoms with Gasteiger partial charge in [0.2, 0.25) is 5.13 Å². The predicted octanol–water partition coefficient (Wildman–Crippen LogP) is 2.52. The average molecular weight is 253 g/mol. The summed E-state index contributed by atoms with van der Waals surface area (Å²) in [5, 5.41) is 24.0. The molecular weight excluding hydrogens is 234 g/mol. The fraction of sp³-hybridized carbons (Fsp3) is 0.833. The maximum absolute atomic E-state index is 10.4. The van der Waals surface area contributed by atoms with Crippen molar-refractivity contribution in [1.29, 1.82) is 0 Å². The largest absolute Gasteiger partial charge is 0.388 e. The monoisotopic (exact) mass is 253 g/mol. The zero-order valence-electron chi connectivity index (χ0n) is 9.98. The van der Waals surface area contributed by atoms with Crippen LogP contribution in [0.15, 0.2) is 0 Å². The van der Waals surface area contributed by atoms with Gasteiger partial charge >= 0.3 is 0 Å². The molecule has 1 heterocycles. The first-order valence-electron chi connectivity index (χ1n) is 6.55. The lowest BCUT2D eigenvalue weighted by Crippen LogP contribution is -2.38. The van der Waals surface area contributed by atoms with Crippen LogP contribution >= 0.6 is 11.3 Å². The van der Waals surface area contributed by atoms with Crippen molar-refractivity contribution in [2.24, 2.45) is 0 Å². The van der Waals surface area contributed by atoms with Crippen LogP contribution in [0.5, 0.6) is 0 Å². The Kier molecular flexibility index (Phi) is 3.04. The van der Waals surface area contributed by atoms with Crippen LogP contribution in [0.3, 0.4) is 0 Å². The van der Waals surface area contributed by atoms with Gasteiger partial charge in [0, 0.05) is 12.5 Å². The summed E-state index contributed by atoms with van der Waals surface area (Å²) < 4.78 is 0. The van der Waals surface area contributed by atoms with Crippen molar-refractivity contribution in [3.8, 4) is 0 Å². The van der Waals surface area contributed by atoms with Crippen molar-refractivity contribution in [3.63, 3.8) is 0 Å². The molecule has 2 fully saturated rings. The number of nitrogens with zero attached hydrogens (tertiary/aromatic N) is 2. The lowest BCUT2D eigenvalue weighted by molar-refractivity contribution is 0.0167. The normalized spacial score (nSPS) is 23.6. The maximum Gasteiger partial charge on any atom is 0.205 e. The van der Waals surface area contributed by atoms with Crippen molar-refractivity contribution in [1.82, 2.24) is 10.2 Å². The second-order valence-electron chi connectivity index (χ2n) is 5.36. The highest BCUT2D eigenvalue weighted by Crippen LogP contribution is 2.42. The van der Waals surface area contributed by atoms with Gasteiger partial charge in [-0.3, -0.25) is 0 Å². The number of hydrogen-bond donors (Lipinski definition) is 2. The van der Waals surface area contributed by atoms with E-state index >= 15 is 0 Å². The Hall–Kier alpha value is -0.680. The molecule has 0 unspecified atom stereocenters. The van der Waals surface area contributed by atoms with Crippen LogP contribution in [0.2, 0.25) is 0 Å². The minimum Gasteiger partial charge on any atom is -0.388 e. The molecule has 4 nitrogen and oxygen atoms in total. The van der Waals surface area contributed by atoms with Gasteiger partial charge in [-0.2, -0.15) is 0 Å². The van der Waals surface area contributed by atoms with Gasteiger partial charge in [0.1, 0.15) is 5.01 Å². The Morgan fingerprint density at radius 1 is 1.24 bits per heavy atom. The fourth-order valence-electron chi connectivity index (χ4n) is 2.43. The first-order valence-corrected chi connectivity index (χ1v) is 7.36. The smallest absolute Gasteiger partial charge is 0.205 e. The highest BCUT2D eigenvalue weighted by molar-refractivity contribution is 7.15. The molecule has 0 saturated heterocycles. The van der Waals surface area contributed by atoms with E-state index in [0.29, 0.717) is 12.5 Å². The second kappa shape index (κ2) is 4.53. The van der Waals surface area contributed by atoms with Gasteiger partial charge in [0.15, 0.2) is 0 Å². The molecule has 0 aliphatic heterocycles. The van der Waals surface area contributed by atoms with E-state index in [4.69, 9.17) is 0 Å². The van der Waals surface area contributed by atoms with Gasteiger partial charge in [-0.05, 0) is 25.7 Å². The fourth-order valence-corrected chi connectivity index (χ4v) is 3.34. The Labute approximate surface area is 105 Å². The van der Waals surface area contributed by atoms with E-state index in [2.05, 4.69) is 15.5 Å². The van der Waals surface area contributed by atoms with Crippen molar-refractivity contribution < 1.29 is 5.11 Å². The summed E-state index contributed by atoms with van der Waals surface area (Å²) in [6.45, 7) is 0.617. The summed E-state index contributed by atoms with van der Waals surface area (Å²) >= 11 is 1.65. The topological polar surface area (TPSA) is 58.0 Å².